The first kappa shape index (κ1) is 20.3. The molecule has 0 fully saturated rings. The Morgan fingerprint density at radius 2 is 1.90 bits per heavy atom. The monoisotopic (exact) mass is 393 g/mol. The molecule has 0 saturated heterocycles. The number of hydrogen-bond acceptors (Lipinski definition) is 5. The number of methoxy groups -OCH3 is 1. The fourth-order valence-corrected chi connectivity index (χ4v) is 3.07. The molecule has 1 amide bonds. The number of amides is 1. The van der Waals surface area contributed by atoms with E-state index in [2.05, 4.69) is 15.0 Å². The van der Waals surface area contributed by atoms with Crippen LogP contribution in [0.4, 0.5) is 0 Å². The number of aromatic nitrogens is 2. The number of ether oxygens (including phenoxy) is 1. The van der Waals surface area contributed by atoms with Crippen molar-refractivity contribution >= 4 is 22.8 Å². The van der Waals surface area contributed by atoms with Gasteiger partial charge in [-0.1, -0.05) is 24.3 Å². The van der Waals surface area contributed by atoms with Crippen LogP contribution in [0.1, 0.15) is 34.3 Å². The Labute approximate surface area is 168 Å². The number of fused-ring (bicyclic) bond motifs is 1. The Bertz CT molecular complexity index is 1090. The molecule has 3 aromatic rings. The predicted molar refractivity (Wildman–Crippen MR) is 110 cm³/mol. The van der Waals surface area contributed by atoms with Crippen molar-refractivity contribution < 1.29 is 14.3 Å². The highest BCUT2D eigenvalue weighted by Crippen LogP contribution is 2.11. The molecule has 0 aliphatic rings. The molecule has 7 nitrogen and oxygen atoms in total. The molecule has 0 saturated carbocycles. The van der Waals surface area contributed by atoms with Crippen molar-refractivity contribution in [2.45, 2.75) is 32.9 Å². The van der Waals surface area contributed by atoms with Crippen molar-refractivity contribution in [2.75, 3.05) is 7.11 Å². The lowest BCUT2D eigenvalue weighted by Gasteiger charge is -2.09. The zero-order valence-corrected chi connectivity index (χ0v) is 16.5. The van der Waals surface area contributed by atoms with Crippen molar-refractivity contribution in [2.24, 2.45) is 0 Å². The van der Waals surface area contributed by atoms with Gasteiger partial charge >= 0.3 is 5.97 Å². The van der Waals surface area contributed by atoms with E-state index in [0.717, 1.165) is 11.1 Å². The van der Waals surface area contributed by atoms with Crippen molar-refractivity contribution in [3.05, 3.63) is 75.8 Å². The standard InChI is InChI=1S/C22H23N3O4/c1-15-5-3-6-18-20(15)24-14-25(21(18)27)12-4-7-19(26)23-13-16-8-10-17(11-9-16)22(28)29-2/h3,5-6,8-11,14H,4,7,12-13H2,1-2H3,(H,23,26). The van der Waals surface area contributed by atoms with Crippen LogP contribution in [0.5, 0.6) is 0 Å². The van der Waals surface area contributed by atoms with Gasteiger partial charge in [-0.3, -0.25) is 14.2 Å². The summed E-state index contributed by atoms with van der Waals surface area (Å²) in [4.78, 5) is 40.4. The lowest BCUT2D eigenvalue weighted by atomic mass is 10.1. The van der Waals surface area contributed by atoms with Gasteiger partial charge in [0, 0.05) is 19.5 Å². The van der Waals surface area contributed by atoms with E-state index in [1.807, 2.05) is 19.1 Å². The molecule has 3 rings (SSSR count). The maximum atomic E-state index is 12.6. The van der Waals surface area contributed by atoms with Crippen LogP contribution in [0.15, 0.2) is 53.6 Å². The van der Waals surface area contributed by atoms with E-state index in [-0.39, 0.29) is 11.5 Å². The second-order valence-corrected chi connectivity index (χ2v) is 6.78. The molecule has 1 aromatic heterocycles. The quantitative estimate of drug-likeness (QED) is 0.623. The minimum Gasteiger partial charge on any atom is -0.465 e. The molecule has 0 unspecified atom stereocenters. The number of aryl methyl sites for hydroxylation is 2. The van der Waals surface area contributed by atoms with Gasteiger partial charge in [0.15, 0.2) is 0 Å². The van der Waals surface area contributed by atoms with E-state index in [9.17, 15) is 14.4 Å². The summed E-state index contributed by atoms with van der Waals surface area (Å²) in [5.41, 5.74) is 2.93. The number of carbonyl (C=O) groups is 2. The van der Waals surface area contributed by atoms with Gasteiger partial charge in [0.25, 0.3) is 5.56 Å². The molecule has 0 radical (unpaired) electrons. The number of carbonyl (C=O) groups excluding carboxylic acids is 2. The topological polar surface area (TPSA) is 90.3 Å². The summed E-state index contributed by atoms with van der Waals surface area (Å²) in [5.74, 6) is -0.492. The summed E-state index contributed by atoms with van der Waals surface area (Å²) in [6.45, 7) is 2.72. The molecule has 29 heavy (non-hydrogen) atoms. The zero-order chi connectivity index (χ0) is 20.8. The molecular weight excluding hydrogens is 370 g/mol. The first-order chi connectivity index (χ1) is 14.0. The van der Waals surface area contributed by atoms with Crippen molar-refractivity contribution in [3.8, 4) is 0 Å². The Morgan fingerprint density at radius 3 is 2.62 bits per heavy atom. The second kappa shape index (κ2) is 9.14. The van der Waals surface area contributed by atoms with Crippen molar-refractivity contribution in [1.29, 1.82) is 0 Å². The average Bonchev–Trinajstić information content (AvgIpc) is 2.74. The summed E-state index contributed by atoms with van der Waals surface area (Å²) in [5, 5.41) is 3.43. The molecule has 0 atom stereocenters. The second-order valence-electron chi connectivity index (χ2n) is 6.78. The van der Waals surface area contributed by atoms with Gasteiger partial charge in [-0.05, 0) is 42.7 Å². The van der Waals surface area contributed by atoms with E-state index in [1.165, 1.54) is 7.11 Å². The van der Waals surface area contributed by atoms with Crippen molar-refractivity contribution in [3.63, 3.8) is 0 Å². The summed E-state index contributed by atoms with van der Waals surface area (Å²) in [6.07, 6.45) is 2.38. The molecule has 2 aromatic carbocycles. The first-order valence-electron chi connectivity index (χ1n) is 9.38. The van der Waals surface area contributed by atoms with Crippen LogP contribution in [0.25, 0.3) is 10.9 Å². The van der Waals surface area contributed by atoms with E-state index in [1.54, 1.807) is 41.2 Å². The van der Waals surface area contributed by atoms with Gasteiger partial charge in [-0.25, -0.2) is 9.78 Å². The van der Waals surface area contributed by atoms with E-state index in [4.69, 9.17) is 0 Å². The fourth-order valence-electron chi connectivity index (χ4n) is 3.07. The molecule has 1 N–H and O–H groups in total. The summed E-state index contributed by atoms with van der Waals surface area (Å²) < 4.78 is 6.20. The fraction of sp³-hybridized carbons (Fsp3) is 0.273. The number of nitrogens with zero attached hydrogens (tertiary/aromatic N) is 2. The molecule has 150 valence electrons. The number of rotatable bonds is 7. The van der Waals surface area contributed by atoms with Gasteiger partial charge in [-0.15, -0.1) is 0 Å². The van der Waals surface area contributed by atoms with Crippen LogP contribution in [0.3, 0.4) is 0 Å². The Morgan fingerprint density at radius 1 is 1.14 bits per heavy atom. The van der Waals surface area contributed by atoms with E-state index < -0.39 is 5.97 Å². The number of nitrogens with one attached hydrogen (secondary N) is 1. The third kappa shape index (κ3) is 4.87. The van der Waals surface area contributed by atoms with Crippen LogP contribution >= 0.6 is 0 Å². The minimum atomic E-state index is -0.394. The van der Waals surface area contributed by atoms with Gasteiger partial charge in [0.2, 0.25) is 5.91 Å². The lowest BCUT2D eigenvalue weighted by molar-refractivity contribution is -0.121. The van der Waals surface area contributed by atoms with Crippen LogP contribution in [-0.2, 0) is 22.6 Å². The molecule has 0 spiro atoms. The normalized spacial score (nSPS) is 10.7. The third-order valence-electron chi connectivity index (χ3n) is 4.72. The van der Waals surface area contributed by atoms with Gasteiger partial charge in [0.1, 0.15) is 0 Å². The van der Waals surface area contributed by atoms with Gasteiger partial charge in [-0.2, -0.15) is 0 Å². The highest BCUT2D eigenvalue weighted by Gasteiger charge is 2.08. The first-order valence-corrected chi connectivity index (χ1v) is 9.38. The maximum Gasteiger partial charge on any atom is 0.337 e. The predicted octanol–water partition coefficient (Wildman–Crippen LogP) is 2.59. The number of para-hydroxylation sites is 1. The van der Waals surface area contributed by atoms with Crippen molar-refractivity contribution in [1.82, 2.24) is 14.9 Å². The van der Waals surface area contributed by atoms with Crippen LogP contribution in [0, 0.1) is 6.92 Å². The average molecular weight is 393 g/mol. The summed E-state index contributed by atoms with van der Waals surface area (Å²) in [7, 11) is 1.33. The molecule has 0 bridgehead atoms. The van der Waals surface area contributed by atoms with Gasteiger partial charge in [0.05, 0.1) is 29.9 Å². The zero-order valence-electron chi connectivity index (χ0n) is 16.5. The minimum absolute atomic E-state index is 0.0928. The van der Waals surface area contributed by atoms with Gasteiger partial charge < -0.3 is 10.1 Å². The molecular formula is C22H23N3O4. The van der Waals surface area contributed by atoms with Crippen LogP contribution in [0.2, 0.25) is 0 Å². The Hall–Kier alpha value is -3.48. The van der Waals surface area contributed by atoms with E-state index >= 15 is 0 Å². The Balaban J connectivity index is 1.50. The molecule has 7 heteroatoms. The molecule has 0 aliphatic carbocycles. The summed E-state index contributed by atoms with van der Waals surface area (Å²) in [6, 6.07) is 12.4. The van der Waals surface area contributed by atoms with E-state index in [0.29, 0.717) is 42.4 Å². The highest BCUT2D eigenvalue weighted by atomic mass is 16.5. The van der Waals surface area contributed by atoms with Crippen LogP contribution < -0.4 is 10.9 Å². The lowest BCUT2D eigenvalue weighted by Crippen LogP contribution is -2.25. The largest absolute Gasteiger partial charge is 0.465 e. The Kier molecular flexibility index (Phi) is 6.39. The number of hydrogen-bond donors (Lipinski definition) is 1. The summed E-state index contributed by atoms with van der Waals surface area (Å²) >= 11 is 0. The van der Waals surface area contributed by atoms with Crippen LogP contribution in [-0.4, -0.2) is 28.5 Å². The maximum absolute atomic E-state index is 12.6. The third-order valence-corrected chi connectivity index (χ3v) is 4.72. The molecule has 1 heterocycles. The number of esters is 1. The number of benzene rings is 2. The highest BCUT2D eigenvalue weighted by molar-refractivity contribution is 5.89. The smallest absolute Gasteiger partial charge is 0.337 e. The molecule has 0 aliphatic heterocycles. The SMILES string of the molecule is COC(=O)c1ccc(CNC(=O)CCCn2cnc3c(C)cccc3c2=O)cc1.